The summed E-state index contributed by atoms with van der Waals surface area (Å²) in [6.07, 6.45) is 85.0. The van der Waals surface area contributed by atoms with Crippen molar-refractivity contribution in [2.75, 3.05) is 40.9 Å². The number of nitrogens with zero attached hydrogens (tertiary/aromatic N) is 1. The Morgan fingerprint density at radius 2 is 0.659 bits per heavy atom. The first-order chi connectivity index (χ1) is 42.9. The van der Waals surface area contributed by atoms with E-state index >= 15 is 0 Å². The van der Waals surface area contributed by atoms with Crippen LogP contribution in [0.3, 0.4) is 0 Å². The van der Waals surface area contributed by atoms with Gasteiger partial charge in [-0.05, 0) is 57.4 Å². The van der Waals surface area contributed by atoms with E-state index in [1.54, 1.807) is 0 Å². The average molecular weight is 1260 g/mol. The number of hydrogen-bond acceptors (Lipinski definition) is 6. The molecular formula is C78H154N2O7P+. The summed E-state index contributed by atoms with van der Waals surface area (Å²) in [4.78, 5) is 38.0. The first-order valence-electron chi connectivity index (χ1n) is 39.2. The van der Waals surface area contributed by atoms with Crippen LogP contribution in [0.4, 0.5) is 0 Å². The summed E-state index contributed by atoms with van der Waals surface area (Å²) in [7, 11) is 1.52. The molecule has 0 aliphatic carbocycles. The van der Waals surface area contributed by atoms with E-state index in [-0.39, 0.29) is 25.1 Å². The fourth-order valence-corrected chi connectivity index (χ4v) is 12.9. The van der Waals surface area contributed by atoms with Crippen molar-refractivity contribution in [1.82, 2.24) is 5.32 Å². The van der Waals surface area contributed by atoms with Crippen molar-refractivity contribution in [2.45, 2.75) is 425 Å². The van der Waals surface area contributed by atoms with Crippen LogP contribution < -0.4 is 5.32 Å². The van der Waals surface area contributed by atoms with E-state index in [1.807, 2.05) is 27.2 Å². The van der Waals surface area contributed by atoms with E-state index in [0.29, 0.717) is 23.9 Å². The van der Waals surface area contributed by atoms with Gasteiger partial charge in [-0.3, -0.25) is 18.6 Å². The zero-order valence-corrected chi connectivity index (χ0v) is 60.9. The molecule has 0 fully saturated rings. The molecule has 0 aliphatic heterocycles. The van der Waals surface area contributed by atoms with E-state index in [9.17, 15) is 19.0 Å². The third-order valence-electron chi connectivity index (χ3n) is 18.1. The summed E-state index contributed by atoms with van der Waals surface area (Å²) >= 11 is 0. The van der Waals surface area contributed by atoms with Gasteiger partial charge in [0.05, 0.1) is 33.8 Å². The van der Waals surface area contributed by atoms with Gasteiger partial charge in [0.1, 0.15) is 19.3 Å². The van der Waals surface area contributed by atoms with Crippen molar-refractivity contribution in [3.05, 3.63) is 24.3 Å². The minimum absolute atomic E-state index is 0.0446. The molecule has 0 rings (SSSR count). The SMILES string of the molecule is CCCCCCCC/C=C/CCCCCCCCCCCCCCCC(=O)NC(COP(=O)(O)OCC[N+](C)(C)C)C(/C=C/CCCCCCCCCCCC)OC(=O)CCCCCCCCCCCCCCCCCCCCCCCCCCCCC. The van der Waals surface area contributed by atoms with Crippen LogP contribution in [0.5, 0.6) is 0 Å². The molecule has 2 N–H and O–H groups in total. The van der Waals surface area contributed by atoms with Gasteiger partial charge in [0.2, 0.25) is 5.91 Å². The fraction of sp³-hybridized carbons (Fsp3) is 0.923. The second-order valence-corrected chi connectivity index (χ2v) is 29.7. The number of carbonyl (C=O) groups excluding carboxylic acids is 2. The smallest absolute Gasteiger partial charge is 0.456 e. The van der Waals surface area contributed by atoms with Crippen LogP contribution in [0.2, 0.25) is 0 Å². The highest BCUT2D eigenvalue weighted by molar-refractivity contribution is 7.47. The van der Waals surface area contributed by atoms with Crippen LogP contribution in [0.15, 0.2) is 24.3 Å². The third-order valence-corrected chi connectivity index (χ3v) is 19.1. The van der Waals surface area contributed by atoms with E-state index in [2.05, 4.69) is 44.3 Å². The number of allylic oxidation sites excluding steroid dienone is 3. The van der Waals surface area contributed by atoms with Gasteiger partial charge in [0.15, 0.2) is 0 Å². The molecule has 0 aromatic rings. The first kappa shape index (κ1) is 86.5. The number of phosphoric acid groups is 1. The largest absolute Gasteiger partial charge is 0.472 e. The molecular weight excluding hydrogens is 1110 g/mol. The molecule has 3 atom stereocenters. The molecule has 10 heteroatoms. The number of esters is 1. The maximum absolute atomic E-state index is 13.6. The van der Waals surface area contributed by atoms with E-state index in [4.69, 9.17) is 13.8 Å². The van der Waals surface area contributed by atoms with Gasteiger partial charge in [0.25, 0.3) is 0 Å². The maximum atomic E-state index is 13.6. The van der Waals surface area contributed by atoms with Gasteiger partial charge >= 0.3 is 13.8 Å². The molecule has 0 saturated heterocycles. The monoisotopic (exact) mass is 1260 g/mol. The third kappa shape index (κ3) is 68.8. The topological polar surface area (TPSA) is 111 Å². The Morgan fingerprint density at radius 3 is 0.966 bits per heavy atom. The minimum Gasteiger partial charge on any atom is -0.456 e. The Bertz CT molecular complexity index is 1550. The number of nitrogens with one attached hydrogen (secondary N) is 1. The maximum Gasteiger partial charge on any atom is 0.472 e. The zero-order valence-electron chi connectivity index (χ0n) is 60.0. The highest BCUT2D eigenvalue weighted by Crippen LogP contribution is 2.43. The number of likely N-dealkylation sites (N-methyl/N-ethyl adjacent to an activating group) is 1. The Balaban J connectivity index is 4.90. The molecule has 0 bridgehead atoms. The van der Waals surface area contributed by atoms with Gasteiger partial charge in [-0.15, -0.1) is 0 Å². The summed E-state index contributed by atoms with van der Waals surface area (Å²) < 4.78 is 30.9. The van der Waals surface area contributed by atoms with Gasteiger partial charge < -0.3 is 19.4 Å². The summed E-state index contributed by atoms with van der Waals surface area (Å²) in [6, 6.07) is -0.844. The fourth-order valence-electron chi connectivity index (χ4n) is 12.1. The minimum atomic E-state index is -4.45. The van der Waals surface area contributed by atoms with Gasteiger partial charge in [-0.2, -0.15) is 0 Å². The number of ether oxygens (including phenoxy) is 1. The van der Waals surface area contributed by atoms with Crippen molar-refractivity contribution in [2.24, 2.45) is 0 Å². The molecule has 522 valence electrons. The van der Waals surface area contributed by atoms with Crippen molar-refractivity contribution < 1.29 is 37.3 Å². The summed E-state index contributed by atoms with van der Waals surface area (Å²) in [5.74, 6) is -0.478. The second-order valence-electron chi connectivity index (χ2n) is 28.2. The van der Waals surface area contributed by atoms with Crippen LogP contribution in [0.1, 0.15) is 412 Å². The molecule has 9 nitrogen and oxygen atoms in total. The number of phosphoric ester groups is 1. The number of amides is 1. The summed E-state index contributed by atoms with van der Waals surface area (Å²) in [5.41, 5.74) is 0. The molecule has 0 aromatic carbocycles. The second kappa shape index (κ2) is 68.4. The Morgan fingerprint density at radius 1 is 0.386 bits per heavy atom. The Kier molecular flexibility index (Phi) is 67.2. The quantitative estimate of drug-likeness (QED) is 0.0205. The van der Waals surface area contributed by atoms with Gasteiger partial charge in [-0.1, -0.05) is 366 Å². The highest BCUT2D eigenvalue weighted by Gasteiger charge is 2.30. The predicted molar refractivity (Wildman–Crippen MR) is 383 cm³/mol. The lowest BCUT2D eigenvalue weighted by Crippen LogP contribution is -2.47. The van der Waals surface area contributed by atoms with Crippen LogP contribution in [0, 0.1) is 0 Å². The lowest BCUT2D eigenvalue weighted by Gasteiger charge is -2.27. The lowest BCUT2D eigenvalue weighted by atomic mass is 10.0. The van der Waals surface area contributed by atoms with Crippen molar-refractivity contribution in [1.29, 1.82) is 0 Å². The number of carbonyl (C=O) groups is 2. The summed E-state index contributed by atoms with van der Waals surface area (Å²) in [5, 5.41) is 3.09. The van der Waals surface area contributed by atoms with Crippen LogP contribution in [-0.2, 0) is 27.9 Å². The molecule has 88 heavy (non-hydrogen) atoms. The van der Waals surface area contributed by atoms with Gasteiger partial charge in [-0.25, -0.2) is 4.57 Å². The Hall–Kier alpha value is -1.51. The molecule has 0 radical (unpaired) electrons. The van der Waals surface area contributed by atoms with Crippen LogP contribution in [0.25, 0.3) is 0 Å². The molecule has 0 spiro atoms. The number of rotatable bonds is 73. The normalized spacial score (nSPS) is 13.5. The van der Waals surface area contributed by atoms with Crippen molar-refractivity contribution in [3.63, 3.8) is 0 Å². The number of quaternary nitrogens is 1. The zero-order chi connectivity index (χ0) is 64.2. The predicted octanol–water partition coefficient (Wildman–Crippen LogP) is 25.2. The molecule has 0 saturated carbocycles. The summed E-state index contributed by atoms with van der Waals surface area (Å²) in [6.45, 7) is 7.09. The molecule has 0 aromatic heterocycles. The van der Waals surface area contributed by atoms with Crippen LogP contribution in [-0.4, -0.2) is 74.3 Å². The van der Waals surface area contributed by atoms with E-state index in [1.165, 1.54) is 321 Å². The Labute approximate surface area is 549 Å². The first-order valence-corrected chi connectivity index (χ1v) is 40.7. The molecule has 0 aliphatic rings. The van der Waals surface area contributed by atoms with E-state index in [0.717, 1.165) is 57.8 Å². The molecule has 0 heterocycles. The van der Waals surface area contributed by atoms with E-state index < -0.39 is 20.0 Å². The number of hydrogen-bond donors (Lipinski definition) is 2. The van der Waals surface area contributed by atoms with Crippen LogP contribution >= 0.6 is 7.82 Å². The lowest BCUT2D eigenvalue weighted by molar-refractivity contribution is -0.870. The number of unbranched alkanes of at least 4 members (excludes halogenated alkanes) is 55. The molecule has 3 unspecified atom stereocenters. The van der Waals surface area contributed by atoms with Crippen molar-refractivity contribution >= 4 is 19.7 Å². The van der Waals surface area contributed by atoms with Crippen molar-refractivity contribution in [3.8, 4) is 0 Å². The average Bonchev–Trinajstić information content (AvgIpc) is 3.53. The molecule has 1 amide bonds. The standard InChI is InChI=1S/C78H153N2O7P/c1-7-10-13-16-19-22-25-28-30-32-34-36-38-39-40-41-43-45-47-49-51-53-56-59-62-65-68-71-78(82)87-76(69-66-63-60-57-54-27-24-21-18-15-12-9-3)75(74-86-88(83,84)85-73-72-80(4,5)6)79-77(81)70-67-64-61-58-55-52-50-48-46-44-42-37-35-33-31-29-26-23-20-17-14-11-8-2/h29,31,66,69,75-76H,7-28,30,32-65,67-68,70-74H2,1-6H3,(H-,79,81,83,84)/p+1/b31-29+,69-66+. The highest BCUT2D eigenvalue weighted by atomic mass is 31.2. The van der Waals surface area contributed by atoms with Gasteiger partial charge in [0, 0.05) is 12.8 Å².